The van der Waals surface area contributed by atoms with Gasteiger partial charge in [-0.15, -0.1) is 0 Å². The van der Waals surface area contributed by atoms with Crippen LogP contribution in [0.5, 0.6) is 0 Å². The molecule has 0 aliphatic heterocycles. The Hall–Kier alpha value is -0.570. The van der Waals surface area contributed by atoms with E-state index in [1.54, 1.807) is 0 Å². The predicted molar refractivity (Wildman–Crippen MR) is 53.6 cm³/mol. The average molecular weight is 187 g/mol. The van der Waals surface area contributed by atoms with Crippen molar-refractivity contribution in [2.75, 3.05) is 20.1 Å². The standard InChI is InChI=1S/C10H21NO2/c1-6-7-11(5)8-9(12)13-10(2,3)4/h6-8H2,1-5H3. The minimum Gasteiger partial charge on any atom is -0.459 e. The third-order valence-electron chi connectivity index (χ3n) is 1.42. The molecule has 0 heterocycles. The lowest BCUT2D eigenvalue weighted by atomic mass is 10.2. The number of carbonyl (C=O) groups excluding carboxylic acids is 1. The highest BCUT2D eigenvalue weighted by molar-refractivity contribution is 5.72. The summed E-state index contributed by atoms with van der Waals surface area (Å²) >= 11 is 0. The first-order valence-corrected chi connectivity index (χ1v) is 4.75. The van der Waals surface area contributed by atoms with Crippen LogP contribution in [-0.2, 0) is 9.53 Å². The molecule has 0 rings (SSSR count). The van der Waals surface area contributed by atoms with Crippen LogP contribution < -0.4 is 0 Å². The monoisotopic (exact) mass is 187 g/mol. The summed E-state index contributed by atoms with van der Waals surface area (Å²) in [5.41, 5.74) is -0.371. The average Bonchev–Trinajstić information content (AvgIpc) is 1.81. The van der Waals surface area contributed by atoms with Crippen LogP contribution in [0.1, 0.15) is 34.1 Å². The van der Waals surface area contributed by atoms with Crippen molar-refractivity contribution in [3.63, 3.8) is 0 Å². The first-order valence-electron chi connectivity index (χ1n) is 4.75. The highest BCUT2D eigenvalue weighted by atomic mass is 16.6. The second-order valence-corrected chi connectivity index (χ2v) is 4.32. The first kappa shape index (κ1) is 12.4. The Morgan fingerprint density at radius 1 is 1.38 bits per heavy atom. The van der Waals surface area contributed by atoms with E-state index in [-0.39, 0.29) is 11.6 Å². The number of rotatable bonds is 4. The van der Waals surface area contributed by atoms with Gasteiger partial charge in [-0.3, -0.25) is 9.69 Å². The summed E-state index contributed by atoms with van der Waals surface area (Å²) < 4.78 is 5.17. The fraction of sp³-hybridized carbons (Fsp3) is 0.900. The zero-order valence-electron chi connectivity index (χ0n) is 9.39. The van der Waals surface area contributed by atoms with Crippen molar-refractivity contribution < 1.29 is 9.53 Å². The Morgan fingerprint density at radius 2 is 1.92 bits per heavy atom. The van der Waals surface area contributed by atoms with Crippen LogP contribution in [0.2, 0.25) is 0 Å². The van der Waals surface area contributed by atoms with E-state index in [0.717, 1.165) is 13.0 Å². The van der Waals surface area contributed by atoms with Gasteiger partial charge in [-0.05, 0) is 40.8 Å². The van der Waals surface area contributed by atoms with Crippen molar-refractivity contribution in [1.82, 2.24) is 4.90 Å². The molecule has 0 spiro atoms. The number of esters is 1. The second-order valence-electron chi connectivity index (χ2n) is 4.32. The molecule has 0 saturated heterocycles. The number of nitrogens with zero attached hydrogens (tertiary/aromatic N) is 1. The summed E-state index contributed by atoms with van der Waals surface area (Å²) in [7, 11) is 1.92. The van der Waals surface area contributed by atoms with Crippen LogP contribution in [0, 0.1) is 0 Å². The summed E-state index contributed by atoms with van der Waals surface area (Å²) in [4.78, 5) is 13.2. The third-order valence-corrected chi connectivity index (χ3v) is 1.42. The van der Waals surface area contributed by atoms with Gasteiger partial charge in [-0.1, -0.05) is 6.92 Å². The van der Waals surface area contributed by atoms with Gasteiger partial charge in [0.25, 0.3) is 0 Å². The second kappa shape index (κ2) is 5.22. The number of likely N-dealkylation sites (N-methyl/N-ethyl adjacent to an activating group) is 1. The van der Waals surface area contributed by atoms with Crippen LogP contribution in [0.4, 0.5) is 0 Å². The molecular weight excluding hydrogens is 166 g/mol. The van der Waals surface area contributed by atoms with Crippen molar-refractivity contribution in [3.05, 3.63) is 0 Å². The van der Waals surface area contributed by atoms with Gasteiger partial charge in [-0.2, -0.15) is 0 Å². The minimum absolute atomic E-state index is 0.150. The molecule has 3 nitrogen and oxygen atoms in total. The predicted octanol–water partition coefficient (Wildman–Crippen LogP) is 1.67. The zero-order valence-corrected chi connectivity index (χ0v) is 9.39. The lowest BCUT2D eigenvalue weighted by molar-refractivity contribution is -0.155. The molecule has 0 bridgehead atoms. The molecule has 0 fully saturated rings. The molecule has 0 amide bonds. The maximum Gasteiger partial charge on any atom is 0.320 e. The summed E-state index contributed by atoms with van der Waals surface area (Å²) in [6, 6.07) is 0. The molecule has 0 unspecified atom stereocenters. The van der Waals surface area contributed by atoms with Crippen LogP contribution in [0.3, 0.4) is 0 Å². The van der Waals surface area contributed by atoms with E-state index in [1.807, 2.05) is 32.7 Å². The third kappa shape index (κ3) is 7.78. The molecule has 13 heavy (non-hydrogen) atoms. The van der Waals surface area contributed by atoms with Crippen molar-refractivity contribution >= 4 is 5.97 Å². The van der Waals surface area contributed by atoms with E-state index in [9.17, 15) is 4.79 Å². The quantitative estimate of drug-likeness (QED) is 0.627. The van der Waals surface area contributed by atoms with E-state index in [4.69, 9.17) is 4.74 Å². The van der Waals surface area contributed by atoms with Crippen LogP contribution in [-0.4, -0.2) is 36.6 Å². The number of hydrogen-bond acceptors (Lipinski definition) is 3. The molecule has 0 saturated carbocycles. The Bertz CT molecular complexity index is 161. The van der Waals surface area contributed by atoms with Gasteiger partial charge in [0.1, 0.15) is 5.60 Å². The number of ether oxygens (including phenoxy) is 1. The largest absolute Gasteiger partial charge is 0.459 e. The summed E-state index contributed by atoms with van der Waals surface area (Å²) in [6.45, 7) is 9.04. The Morgan fingerprint density at radius 3 is 2.31 bits per heavy atom. The first-order chi connectivity index (χ1) is 5.85. The summed E-state index contributed by atoms with van der Waals surface area (Å²) in [6.07, 6.45) is 1.05. The number of hydrogen-bond donors (Lipinski definition) is 0. The Kier molecular flexibility index (Phi) is 4.99. The van der Waals surface area contributed by atoms with Crippen molar-refractivity contribution in [2.45, 2.75) is 39.7 Å². The molecule has 0 radical (unpaired) electrons. The Labute approximate surface area is 81.1 Å². The molecule has 78 valence electrons. The highest BCUT2D eigenvalue weighted by Crippen LogP contribution is 2.06. The van der Waals surface area contributed by atoms with Crippen molar-refractivity contribution in [2.24, 2.45) is 0 Å². The summed E-state index contributed by atoms with van der Waals surface area (Å²) in [5.74, 6) is -0.150. The fourth-order valence-corrected chi connectivity index (χ4v) is 1.05. The van der Waals surface area contributed by atoms with Crippen molar-refractivity contribution in [3.8, 4) is 0 Å². The van der Waals surface area contributed by atoms with Crippen molar-refractivity contribution in [1.29, 1.82) is 0 Å². The Balaban J connectivity index is 3.74. The molecule has 0 aromatic rings. The molecule has 0 aromatic heterocycles. The van der Waals surface area contributed by atoms with Gasteiger partial charge in [0, 0.05) is 0 Å². The zero-order chi connectivity index (χ0) is 10.5. The maximum absolute atomic E-state index is 11.3. The molecule has 0 N–H and O–H groups in total. The maximum atomic E-state index is 11.3. The SMILES string of the molecule is CCCN(C)CC(=O)OC(C)(C)C. The smallest absolute Gasteiger partial charge is 0.320 e. The van der Waals surface area contributed by atoms with Crippen LogP contribution in [0.25, 0.3) is 0 Å². The molecule has 0 aliphatic carbocycles. The molecule has 0 atom stereocenters. The van der Waals surface area contributed by atoms with Gasteiger partial charge in [0.2, 0.25) is 0 Å². The highest BCUT2D eigenvalue weighted by Gasteiger charge is 2.16. The van der Waals surface area contributed by atoms with Crippen LogP contribution >= 0.6 is 0 Å². The van der Waals surface area contributed by atoms with E-state index >= 15 is 0 Å². The van der Waals surface area contributed by atoms with E-state index in [1.165, 1.54) is 0 Å². The molecule has 3 heteroatoms. The van der Waals surface area contributed by atoms with Crippen LogP contribution in [0.15, 0.2) is 0 Å². The fourth-order valence-electron chi connectivity index (χ4n) is 1.05. The topological polar surface area (TPSA) is 29.5 Å². The molecule has 0 aromatic carbocycles. The van der Waals surface area contributed by atoms with Gasteiger partial charge >= 0.3 is 5.97 Å². The lowest BCUT2D eigenvalue weighted by Gasteiger charge is -2.22. The van der Waals surface area contributed by atoms with Gasteiger partial charge in [0.15, 0.2) is 0 Å². The van der Waals surface area contributed by atoms with E-state index in [0.29, 0.717) is 6.54 Å². The van der Waals surface area contributed by atoms with Gasteiger partial charge < -0.3 is 4.74 Å². The lowest BCUT2D eigenvalue weighted by Crippen LogP contribution is -2.33. The normalized spacial score (nSPS) is 11.8. The molecule has 0 aliphatic rings. The number of carbonyl (C=O) groups is 1. The summed E-state index contributed by atoms with van der Waals surface area (Å²) in [5, 5.41) is 0. The van der Waals surface area contributed by atoms with Gasteiger partial charge in [-0.25, -0.2) is 0 Å². The van der Waals surface area contributed by atoms with E-state index < -0.39 is 0 Å². The molecular formula is C10H21NO2. The van der Waals surface area contributed by atoms with E-state index in [2.05, 4.69) is 6.92 Å². The minimum atomic E-state index is -0.371. The van der Waals surface area contributed by atoms with Gasteiger partial charge in [0.05, 0.1) is 6.54 Å².